The van der Waals surface area contributed by atoms with Gasteiger partial charge in [-0.05, 0) is 32.9 Å². The summed E-state index contributed by atoms with van der Waals surface area (Å²) in [4.78, 5) is 0. The molecular weight excluding hydrogens is 210 g/mol. The molecule has 1 aromatic rings. The molecule has 1 N–H and O–H groups in total. The van der Waals surface area contributed by atoms with Crippen molar-refractivity contribution in [3.63, 3.8) is 0 Å². The first-order valence-corrected chi connectivity index (χ1v) is 6.28. The zero-order chi connectivity index (χ0) is 12.7. The molecule has 1 atom stereocenters. The van der Waals surface area contributed by atoms with Crippen molar-refractivity contribution in [2.24, 2.45) is 0 Å². The standard InChI is InChI=1S/C15H23NO/c1-5-16-14(11-12(3)4)13-9-7-8-10-15(13)17-6-2/h7-10,14,16H,3,5-6,11H2,1-2,4H3. The number of nitrogens with one attached hydrogen (secondary N) is 1. The summed E-state index contributed by atoms with van der Waals surface area (Å²) in [6.45, 7) is 11.8. The topological polar surface area (TPSA) is 21.3 Å². The Morgan fingerprint density at radius 3 is 2.65 bits per heavy atom. The highest BCUT2D eigenvalue weighted by molar-refractivity contribution is 5.36. The SMILES string of the molecule is C=C(C)CC(NCC)c1ccccc1OCC. The van der Waals surface area contributed by atoms with E-state index in [4.69, 9.17) is 4.74 Å². The molecule has 1 aromatic carbocycles. The quantitative estimate of drug-likeness (QED) is 0.725. The molecule has 0 aliphatic carbocycles. The van der Waals surface area contributed by atoms with Crippen LogP contribution in [0.1, 0.15) is 38.8 Å². The van der Waals surface area contributed by atoms with Crippen LogP contribution in [0.5, 0.6) is 5.75 Å². The maximum atomic E-state index is 5.68. The molecule has 1 unspecified atom stereocenters. The summed E-state index contributed by atoms with van der Waals surface area (Å²) in [6, 6.07) is 8.52. The fraction of sp³-hybridized carbons (Fsp3) is 0.467. The lowest BCUT2D eigenvalue weighted by Gasteiger charge is -2.21. The minimum absolute atomic E-state index is 0.292. The second-order valence-corrected chi connectivity index (χ2v) is 4.24. The predicted molar refractivity (Wildman–Crippen MR) is 73.5 cm³/mol. The first kappa shape index (κ1) is 13.8. The molecule has 0 amide bonds. The van der Waals surface area contributed by atoms with E-state index >= 15 is 0 Å². The lowest BCUT2D eigenvalue weighted by atomic mass is 9.99. The van der Waals surface area contributed by atoms with Crippen molar-refractivity contribution in [3.8, 4) is 5.75 Å². The van der Waals surface area contributed by atoms with E-state index in [0.717, 1.165) is 18.7 Å². The van der Waals surface area contributed by atoms with E-state index in [2.05, 4.69) is 37.9 Å². The highest BCUT2D eigenvalue weighted by Gasteiger charge is 2.14. The third-order valence-corrected chi connectivity index (χ3v) is 2.60. The van der Waals surface area contributed by atoms with Crippen molar-refractivity contribution in [3.05, 3.63) is 42.0 Å². The Hall–Kier alpha value is -1.28. The van der Waals surface area contributed by atoms with E-state index in [1.165, 1.54) is 11.1 Å². The Kier molecular flexibility index (Phi) is 5.78. The van der Waals surface area contributed by atoms with Crippen LogP contribution in [-0.4, -0.2) is 13.2 Å². The van der Waals surface area contributed by atoms with Crippen LogP contribution in [0, 0.1) is 0 Å². The molecule has 2 nitrogen and oxygen atoms in total. The largest absolute Gasteiger partial charge is 0.494 e. The minimum Gasteiger partial charge on any atom is -0.494 e. The molecule has 0 aliphatic heterocycles. The molecule has 17 heavy (non-hydrogen) atoms. The fourth-order valence-corrected chi connectivity index (χ4v) is 1.94. The molecule has 0 fully saturated rings. The van der Waals surface area contributed by atoms with Crippen LogP contribution in [-0.2, 0) is 0 Å². The number of benzene rings is 1. The summed E-state index contributed by atoms with van der Waals surface area (Å²) in [5.41, 5.74) is 2.40. The lowest BCUT2D eigenvalue weighted by Crippen LogP contribution is -2.21. The molecule has 0 bridgehead atoms. The Bertz CT molecular complexity index is 360. The van der Waals surface area contributed by atoms with Gasteiger partial charge in [-0.3, -0.25) is 0 Å². The number of rotatable bonds is 7. The Labute approximate surface area is 105 Å². The van der Waals surface area contributed by atoms with Gasteiger partial charge in [0.1, 0.15) is 5.75 Å². The second-order valence-electron chi connectivity index (χ2n) is 4.24. The molecule has 0 saturated heterocycles. The smallest absolute Gasteiger partial charge is 0.124 e. The molecule has 0 heterocycles. The molecule has 0 saturated carbocycles. The van der Waals surface area contributed by atoms with E-state index in [-0.39, 0.29) is 0 Å². The van der Waals surface area contributed by atoms with E-state index in [1.807, 2.05) is 19.1 Å². The van der Waals surface area contributed by atoms with Crippen molar-refractivity contribution in [1.29, 1.82) is 0 Å². The monoisotopic (exact) mass is 233 g/mol. The zero-order valence-corrected chi connectivity index (χ0v) is 11.1. The lowest BCUT2D eigenvalue weighted by molar-refractivity contribution is 0.331. The highest BCUT2D eigenvalue weighted by Crippen LogP contribution is 2.28. The van der Waals surface area contributed by atoms with Crippen LogP contribution in [0.25, 0.3) is 0 Å². The molecule has 0 radical (unpaired) electrons. The fourth-order valence-electron chi connectivity index (χ4n) is 1.94. The van der Waals surface area contributed by atoms with Crippen LogP contribution in [0.15, 0.2) is 36.4 Å². The van der Waals surface area contributed by atoms with Gasteiger partial charge in [-0.25, -0.2) is 0 Å². The van der Waals surface area contributed by atoms with Crippen LogP contribution < -0.4 is 10.1 Å². The van der Waals surface area contributed by atoms with Crippen LogP contribution in [0.2, 0.25) is 0 Å². The third-order valence-electron chi connectivity index (χ3n) is 2.60. The van der Waals surface area contributed by atoms with Crippen molar-refractivity contribution >= 4 is 0 Å². The normalized spacial score (nSPS) is 12.2. The molecule has 2 heteroatoms. The molecule has 0 aromatic heterocycles. The number of para-hydroxylation sites is 1. The van der Waals surface area contributed by atoms with Gasteiger partial charge >= 0.3 is 0 Å². The van der Waals surface area contributed by atoms with Gasteiger partial charge in [-0.2, -0.15) is 0 Å². The van der Waals surface area contributed by atoms with Gasteiger partial charge in [0.2, 0.25) is 0 Å². The van der Waals surface area contributed by atoms with E-state index in [9.17, 15) is 0 Å². The van der Waals surface area contributed by atoms with Crippen molar-refractivity contribution in [1.82, 2.24) is 5.32 Å². The number of hydrogen-bond donors (Lipinski definition) is 1. The minimum atomic E-state index is 0.292. The van der Waals surface area contributed by atoms with Gasteiger partial charge in [0.15, 0.2) is 0 Å². The van der Waals surface area contributed by atoms with Gasteiger partial charge in [-0.1, -0.05) is 30.7 Å². The van der Waals surface area contributed by atoms with Crippen LogP contribution >= 0.6 is 0 Å². The summed E-state index contributed by atoms with van der Waals surface area (Å²) >= 11 is 0. The third kappa shape index (κ3) is 4.23. The predicted octanol–water partition coefficient (Wildman–Crippen LogP) is 3.70. The van der Waals surface area contributed by atoms with Gasteiger partial charge in [0.05, 0.1) is 6.61 Å². The summed E-state index contributed by atoms with van der Waals surface area (Å²) in [6.07, 6.45) is 0.942. The zero-order valence-electron chi connectivity index (χ0n) is 11.1. The van der Waals surface area contributed by atoms with Gasteiger partial charge in [0, 0.05) is 11.6 Å². The molecule has 0 spiro atoms. The Balaban J connectivity index is 2.94. The van der Waals surface area contributed by atoms with Gasteiger partial charge < -0.3 is 10.1 Å². The summed E-state index contributed by atoms with van der Waals surface area (Å²) in [7, 11) is 0. The molecular formula is C15H23NO. The first-order chi connectivity index (χ1) is 8.19. The molecule has 0 aliphatic rings. The average Bonchev–Trinajstić information content (AvgIpc) is 2.29. The number of ether oxygens (including phenoxy) is 1. The second kappa shape index (κ2) is 7.13. The van der Waals surface area contributed by atoms with Crippen molar-refractivity contribution in [2.75, 3.05) is 13.2 Å². The van der Waals surface area contributed by atoms with E-state index in [0.29, 0.717) is 12.6 Å². The Morgan fingerprint density at radius 2 is 2.06 bits per heavy atom. The summed E-state index contributed by atoms with van der Waals surface area (Å²) in [5.74, 6) is 0.974. The van der Waals surface area contributed by atoms with Crippen molar-refractivity contribution in [2.45, 2.75) is 33.2 Å². The maximum Gasteiger partial charge on any atom is 0.124 e. The van der Waals surface area contributed by atoms with E-state index < -0.39 is 0 Å². The highest BCUT2D eigenvalue weighted by atomic mass is 16.5. The van der Waals surface area contributed by atoms with E-state index in [1.54, 1.807) is 0 Å². The maximum absolute atomic E-state index is 5.68. The summed E-state index contributed by atoms with van der Waals surface area (Å²) in [5, 5.41) is 3.49. The Morgan fingerprint density at radius 1 is 1.35 bits per heavy atom. The molecule has 94 valence electrons. The van der Waals surface area contributed by atoms with Crippen LogP contribution in [0.3, 0.4) is 0 Å². The number of hydrogen-bond acceptors (Lipinski definition) is 2. The van der Waals surface area contributed by atoms with Gasteiger partial charge in [0.25, 0.3) is 0 Å². The molecule has 1 rings (SSSR count). The van der Waals surface area contributed by atoms with Crippen molar-refractivity contribution < 1.29 is 4.74 Å². The van der Waals surface area contributed by atoms with Crippen LogP contribution in [0.4, 0.5) is 0 Å². The summed E-state index contributed by atoms with van der Waals surface area (Å²) < 4.78 is 5.68. The first-order valence-electron chi connectivity index (χ1n) is 6.28. The van der Waals surface area contributed by atoms with Gasteiger partial charge in [-0.15, -0.1) is 6.58 Å². The average molecular weight is 233 g/mol.